The first-order valence-corrected chi connectivity index (χ1v) is 8.98. The van der Waals surface area contributed by atoms with Crippen LogP contribution in [0.15, 0.2) is 60.9 Å². The van der Waals surface area contributed by atoms with Crippen molar-refractivity contribution in [1.29, 1.82) is 0 Å². The van der Waals surface area contributed by atoms with Crippen LogP contribution in [0.25, 0.3) is 5.69 Å². The Morgan fingerprint density at radius 3 is 2.74 bits per heavy atom. The van der Waals surface area contributed by atoms with Gasteiger partial charge in [-0.1, -0.05) is 24.3 Å². The van der Waals surface area contributed by atoms with Gasteiger partial charge in [0.1, 0.15) is 0 Å². The third-order valence-corrected chi connectivity index (χ3v) is 4.56. The zero-order valence-electron chi connectivity index (χ0n) is 15.2. The lowest BCUT2D eigenvalue weighted by molar-refractivity contribution is -0.130. The van der Waals surface area contributed by atoms with Crippen molar-refractivity contribution in [1.82, 2.24) is 14.7 Å². The zero-order chi connectivity index (χ0) is 18.6. The Balaban J connectivity index is 1.43. The molecule has 2 aromatic carbocycles. The second-order valence-corrected chi connectivity index (χ2v) is 6.40. The Hall–Kier alpha value is -3.28. The number of likely N-dealkylation sites (N-methyl/N-ethyl adjacent to an activating group) is 1. The Labute approximate surface area is 157 Å². The quantitative estimate of drug-likeness (QED) is 0.675. The molecule has 1 amide bonds. The summed E-state index contributed by atoms with van der Waals surface area (Å²) in [6.45, 7) is 3.41. The topological polar surface area (TPSA) is 56.6 Å². The number of aromatic nitrogens is 2. The Bertz CT molecular complexity index is 937. The maximum absolute atomic E-state index is 12.8. The van der Waals surface area contributed by atoms with E-state index in [9.17, 15) is 4.79 Å². The van der Waals surface area contributed by atoms with Crippen LogP contribution >= 0.6 is 0 Å². The number of fused-ring (bicyclic) bond motifs is 1. The monoisotopic (exact) mass is 363 g/mol. The molecule has 0 radical (unpaired) electrons. The van der Waals surface area contributed by atoms with E-state index in [1.807, 2.05) is 66.6 Å². The molecule has 6 nitrogen and oxygen atoms in total. The number of rotatable bonds is 6. The fourth-order valence-electron chi connectivity index (χ4n) is 3.10. The average Bonchev–Trinajstić information content (AvgIpc) is 3.35. The fraction of sp³-hybridized carbons (Fsp3) is 0.238. The van der Waals surface area contributed by atoms with Crippen molar-refractivity contribution in [2.75, 3.05) is 13.3 Å². The molecule has 3 aromatic rings. The number of carbonyl (C=O) groups excluding carboxylic acids is 1. The highest BCUT2D eigenvalue weighted by Gasteiger charge is 2.17. The van der Waals surface area contributed by atoms with Gasteiger partial charge in [0.25, 0.3) is 0 Å². The van der Waals surface area contributed by atoms with E-state index in [-0.39, 0.29) is 12.7 Å². The SMILES string of the molecule is CCN(Cc1ccc2c(c1)OCO2)C(=O)Cc1cnn(-c2ccccc2)c1. The molecular weight excluding hydrogens is 342 g/mol. The van der Waals surface area contributed by atoms with Crippen LogP contribution in [-0.4, -0.2) is 33.9 Å². The number of para-hydroxylation sites is 1. The van der Waals surface area contributed by atoms with Crippen LogP contribution in [0.3, 0.4) is 0 Å². The largest absolute Gasteiger partial charge is 0.454 e. The highest BCUT2D eigenvalue weighted by Crippen LogP contribution is 2.32. The van der Waals surface area contributed by atoms with Gasteiger partial charge in [-0.15, -0.1) is 0 Å². The van der Waals surface area contributed by atoms with E-state index in [2.05, 4.69) is 5.10 Å². The first-order chi connectivity index (χ1) is 13.2. The van der Waals surface area contributed by atoms with Crippen LogP contribution in [-0.2, 0) is 17.8 Å². The number of nitrogens with zero attached hydrogens (tertiary/aromatic N) is 3. The first kappa shape index (κ1) is 17.1. The van der Waals surface area contributed by atoms with Crippen LogP contribution in [0.4, 0.5) is 0 Å². The van der Waals surface area contributed by atoms with E-state index in [4.69, 9.17) is 9.47 Å². The number of amides is 1. The minimum Gasteiger partial charge on any atom is -0.454 e. The molecule has 1 aliphatic rings. The lowest BCUT2D eigenvalue weighted by Gasteiger charge is -2.21. The van der Waals surface area contributed by atoms with Crippen LogP contribution in [0.5, 0.6) is 11.5 Å². The first-order valence-electron chi connectivity index (χ1n) is 8.98. The van der Waals surface area contributed by atoms with Gasteiger partial charge in [-0.2, -0.15) is 5.10 Å². The number of carbonyl (C=O) groups is 1. The maximum atomic E-state index is 12.8. The summed E-state index contributed by atoms with van der Waals surface area (Å²) in [5.74, 6) is 1.56. The van der Waals surface area contributed by atoms with Crippen LogP contribution in [0, 0.1) is 0 Å². The molecule has 27 heavy (non-hydrogen) atoms. The molecule has 138 valence electrons. The van der Waals surface area contributed by atoms with Gasteiger partial charge in [-0.3, -0.25) is 4.79 Å². The third-order valence-electron chi connectivity index (χ3n) is 4.56. The average molecular weight is 363 g/mol. The van der Waals surface area contributed by atoms with E-state index in [1.54, 1.807) is 10.9 Å². The van der Waals surface area contributed by atoms with Crippen molar-refractivity contribution in [3.8, 4) is 17.2 Å². The van der Waals surface area contributed by atoms with Crippen molar-refractivity contribution in [3.63, 3.8) is 0 Å². The highest BCUT2D eigenvalue weighted by molar-refractivity contribution is 5.78. The van der Waals surface area contributed by atoms with Gasteiger partial charge in [0, 0.05) is 19.3 Å². The van der Waals surface area contributed by atoms with Crippen molar-refractivity contribution in [2.45, 2.75) is 19.9 Å². The summed E-state index contributed by atoms with van der Waals surface area (Å²) in [5, 5.41) is 4.36. The third kappa shape index (κ3) is 3.79. The van der Waals surface area contributed by atoms with E-state index in [0.717, 1.165) is 28.3 Å². The molecule has 2 heterocycles. The zero-order valence-corrected chi connectivity index (χ0v) is 15.2. The molecule has 4 rings (SSSR count). The minimum atomic E-state index is 0.0720. The summed E-state index contributed by atoms with van der Waals surface area (Å²) >= 11 is 0. The molecule has 1 aliphatic heterocycles. The number of hydrogen-bond donors (Lipinski definition) is 0. The summed E-state index contributed by atoms with van der Waals surface area (Å²) in [4.78, 5) is 14.6. The van der Waals surface area contributed by atoms with Crippen LogP contribution in [0.2, 0.25) is 0 Å². The van der Waals surface area contributed by atoms with Crippen LogP contribution in [0.1, 0.15) is 18.1 Å². The molecule has 0 spiro atoms. The van der Waals surface area contributed by atoms with E-state index < -0.39 is 0 Å². The summed E-state index contributed by atoms with van der Waals surface area (Å²) in [6.07, 6.45) is 3.98. The minimum absolute atomic E-state index is 0.0720. The Morgan fingerprint density at radius 2 is 1.93 bits per heavy atom. The number of hydrogen-bond acceptors (Lipinski definition) is 4. The number of ether oxygens (including phenoxy) is 2. The molecule has 0 aliphatic carbocycles. The van der Waals surface area contributed by atoms with Crippen molar-refractivity contribution >= 4 is 5.91 Å². The van der Waals surface area contributed by atoms with Crippen molar-refractivity contribution < 1.29 is 14.3 Å². The van der Waals surface area contributed by atoms with Gasteiger partial charge in [0.05, 0.1) is 18.3 Å². The Morgan fingerprint density at radius 1 is 1.11 bits per heavy atom. The van der Waals surface area contributed by atoms with Gasteiger partial charge in [0.15, 0.2) is 11.5 Å². The molecule has 0 fully saturated rings. The van der Waals surface area contributed by atoms with Crippen molar-refractivity contribution in [2.24, 2.45) is 0 Å². The van der Waals surface area contributed by atoms with Crippen molar-refractivity contribution in [3.05, 3.63) is 72.1 Å². The normalized spacial score (nSPS) is 12.2. The molecule has 1 aromatic heterocycles. The summed E-state index contributed by atoms with van der Waals surface area (Å²) in [5.41, 5.74) is 2.89. The fourth-order valence-corrected chi connectivity index (χ4v) is 3.10. The molecular formula is C21H21N3O3. The maximum Gasteiger partial charge on any atom is 0.231 e. The summed E-state index contributed by atoms with van der Waals surface area (Å²) in [6, 6.07) is 15.7. The number of benzene rings is 2. The predicted molar refractivity (Wildman–Crippen MR) is 101 cm³/mol. The van der Waals surface area contributed by atoms with Crippen LogP contribution < -0.4 is 9.47 Å². The van der Waals surface area contributed by atoms with E-state index in [1.165, 1.54) is 0 Å². The van der Waals surface area contributed by atoms with E-state index >= 15 is 0 Å². The van der Waals surface area contributed by atoms with Gasteiger partial charge < -0.3 is 14.4 Å². The predicted octanol–water partition coefficient (Wildman–Crippen LogP) is 3.19. The molecule has 0 N–H and O–H groups in total. The lowest BCUT2D eigenvalue weighted by Crippen LogP contribution is -2.31. The smallest absolute Gasteiger partial charge is 0.231 e. The molecule has 0 atom stereocenters. The second-order valence-electron chi connectivity index (χ2n) is 6.40. The van der Waals surface area contributed by atoms with Gasteiger partial charge in [-0.05, 0) is 42.3 Å². The van der Waals surface area contributed by atoms with Gasteiger partial charge >= 0.3 is 0 Å². The summed E-state index contributed by atoms with van der Waals surface area (Å²) < 4.78 is 12.5. The van der Waals surface area contributed by atoms with Gasteiger partial charge in [-0.25, -0.2) is 4.68 Å². The summed E-state index contributed by atoms with van der Waals surface area (Å²) in [7, 11) is 0. The molecule has 6 heteroatoms. The molecule has 0 unspecified atom stereocenters. The van der Waals surface area contributed by atoms with E-state index in [0.29, 0.717) is 19.5 Å². The second kappa shape index (κ2) is 7.53. The lowest BCUT2D eigenvalue weighted by atomic mass is 10.1. The molecule has 0 saturated carbocycles. The standard InChI is InChI=1S/C21H21N3O3/c1-2-23(13-16-8-9-19-20(10-16)27-15-26-19)21(25)11-17-12-22-24(14-17)18-6-4-3-5-7-18/h3-10,12,14H,2,11,13,15H2,1H3. The molecule has 0 bridgehead atoms. The highest BCUT2D eigenvalue weighted by atomic mass is 16.7. The molecule has 0 saturated heterocycles. The van der Waals surface area contributed by atoms with Gasteiger partial charge in [0.2, 0.25) is 12.7 Å². The Kier molecular flexibility index (Phi) is 4.78.